The van der Waals surface area contributed by atoms with Crippen molar-refractivity contribution in [2.75, 3.05) is 26.7 Å². The van der Waals surface area contributed by atoms with Gasteiger partial charge >= 0.3 is 0 Å². The molecule has 1 N–H and O–H groups in total. The van der Waals surface area contributed by atoms with Crippen molar-refractivity contribution < 1.29 is 0 Å². The van der Waals surface area contributed by atoms with Crippen LogP contribution >= 0.6 is 0 Å². The van der Waals surface area contributed by atoms with E-state index < -0.39 is 0 Å². The second-order valence-corrected chi connectivity index (χ2v) is 4.93. The smallest absolute Gasteiger partial charge is 0.105 e. The van der Waals surface area contributed by atoms with E-state index >= 15 is 0 Å². The molecule has 0 heterocycles. The lowest BCUT2D eigenvalue weighted by atomic mass is 9.99. The first-order valence-electron chi connectivity index (χ1n) is 5.94. The van der Waals surface area contributed by atoms with Gasteiger partial charge in [-0.1, -0.05) is 6.92 Å². The molecule has 0 bridgehead atoms. The van der Waals surface area contributed by atoms with Gasteiger partial charge in [-0.25, -0.2) is 0 Å². The zero-order valence-electron chi connectivity index (χ0n) is 10.2. The Morgan fingerprint density at radius 1 is 1.53 bits per heavy atom. The summed E-state index contributed by atoms with van der Waals surface area (Å²) in [5, 5.41) is 12.3. The molecular formula is C12H23N3. The van der Waals surface area contributed by atoms with Crippen molar-refractivity contribution >= 4 is 0 Å². The third kappa shape index (κ3) is 4.63. The summed E-state index contributed by atoms with van der Waals surface area (Å²) in [4.78, 5) is 2.35. The molecule has 1 atom stereocenters. The highest BCUT2D eigenvalue weighted by atomic mass is 15.1. The van der Waals surface area contributed by atoms with Gasteiger partial charge in [0, 0.05) is 13.1 Å². The summed E-state index contributed by atoms with van der Waals surface area (Å²) in [5.41, 5.74) is -0.355. The van der Waals surface area contributed by atoms with Gasteiger partial charge in [0.1, 0.15) is 5.54 Å². The Labute approximate surface area is 93.5 Å². The summed E-state index contributed by atoms with van der Waals surface area (Å²) < 4.78 is 0. The maximum atomic E-state index is 9.09. The maximum absolute atomic E-state index is 9.09. The molecule has 0 radical (unpaired) electrons. The summed E-state index contributed by atoms with van der Waals surface area (Å²) in [6.07, 6.45) is 3.70. The average Bonchev–Trinajstić information content (AvgIpc) is 2.99. The van der Waals surface area contributed by atoms with Crippen LogP contribution in [-0.4, -0.2) is 37.1 Å². The molecule has 0 aromatic heterocycles. The fraction of sp³-hybridized carbons (Fsp3) is 0.917. The predicted octanol–water partition coefficient (Wildman–Crippen LogP) is 1.61. The lowest BCUT2D eigenvalue weighted by Crippen LogP contribution is -2.43. The third-order valence-corrected chi connectivity index (χ3v) is 3.07. The molecule has 0 aliphatic heterocycles. The minimum atomic E-state index is -0.355. The number of nitrogens with one attached hydrogen (secondary N) is 1. The van der Waals surface area contributed by atoms with Gasteiger partial charge in [0.25, 0.3) is 0 Å². The van der Waals surface area contributed by atoms with Gasteiger partial charge in [-0.15, -0.1) is 0 Å². The highest BCUT2D eigenvalue weighted by Gasteiger charge is 2.25. The first kappa shape index (κ1) is 12.5. The Morgan fingerprint density at radius 3 is 2.67 bits per heavy atom. The van der Waals surface area contributed by atoms with Crippen LogP contribution in [0.1, 0.15) is 33.1 Å². The predicted molar refractivity (Wildman–Crippen MR) is 62.5 cm³/mol. The van der Waals surface area contributed by atoms with E-state index in [-0.39, 0.29) is 5.54 Å². The van der Waals surface area contributed by atoms with Gasteiger partial charge in [0.05, 0.1) is 6.07 Å². The highest BCUT2D eigenvalue weighted by Crippen LogP contribution is 2.29. The van der Waals surface area contributed by atoms with E-state index in [1.54, 1.807) is 0 Å². The molecule has 86 valence electrons. The van der Waals surface area contributed by atoms with Gasteiger partial charge in [-0.2, -0.15) is 5.26 Å². The van der Waals surface area contributed by atoms with Crippen molar-refractivity contribution in [2.24, 2.45) is 5.92 Å². The minimum absolute atomic E-state index is 0.355. The van der Waals surface area contributed by atoms with E-state index in [4.69, 9.17) is 5.26 Å². The summed E-state index contributed by atoms with van der Waals surface area (Å²) in [6, 6.07) is 2.37. The van der Waals surface area contributed by atoms with Crippen LogP contribution in [0.5, 0.6) is 0 Å². The van der Waals surface area contributed by atoms with Crippen LogP contribution in [0, 0.1) is 17.2 Å². The van der Waals surface area contributed by atoms with E-state index in [1.807, 2.05) is 13.8 Å². The molecule has 1 aliphatic carbocycles. The van der Waals surface area contributed by atoms with Crippen molar-refractivity contribution in [1.82, 2.24) is 10.2 Å². The summed E-state index contributed by atoms with van der Waals surface area (Å²) in [7, 11) is 2.15. The van der Waals surface area contributed by atoms with Crippen LogP contribution in [0.4, 0.5) is 0 Å². The van der Waals surface area contributed by atoms with Gasteiger partial charge < -0.3 is 4.90 Å². The van der Waals surface area contributed by atoms with Crippen LogP contribution in [0.25, 0.3) is 0 Å². The first-order valence-corrected chi connectivity index (χ1v) is 5.94. The number of nitriles is 1. The first-order chi connectivity index (χ1) is 7.09. The normalized spacial score (nSPS) is 19.9. The van der Waals surface area contributed by atoms with Crippen LogP contribution in [-0.2, 0) is 0 Å². The second kappa shape index (κ2) is 5.48. The van der Waals surface area contributed by atoms with E-state index in [0.29, 0.717) is 0 Å². The fourth-order valence-electron chi connectivity index (χ4n) is 1.82. The monoisotopic (exact) mass is 209 g/mol. The molecule has 15 heavy (non-hydrogen) atoms. The van der Waals surface area contributed by atoms with Crippen molar-refractivity contribution in [1.29, 1.82) is 5.26 Å². The Morgan fingerprint density at radius 2 is 2.20 bits per heavy atom. The van der Waals surface area contributed by atoms with Crippen molar-refractivity contribution in [2.45, 2.75) is 38.6 Å². The largest absolute Gasteiger partial charge is 0.306 e. The van der Waals surface area contributed by atoms with Crippen LogP contribution in [0.2, 0.25) is 0 Å². The van der Waals surface area contributed by atoms with E-state index in [9.17, 15) is 0 Å². The fourth-order valence-corrected chi connectivity index (χ4v) is 1.82. The molecule has 1 aliphatic rings. The lowest BCUT2D eigenvalue weighted by molar-refractivity contribution is 0.281. The van der Waals surface area contributed by atoms with Crippen LogP contribution in [0.3, 0.4) is 0 Å². The molecule has 1 fully saturated rings. The highest BCUT2D eigenvalue weighted by molar-refractivity contribution is 5.03. The molecule has 1 unspecified atom stereocenters. The lowest BCUT2D eigenvalue weighted by Gasteiger charge is -2.25. The second-order valence-electron chi connectivity index (χ2n) is 4.93. The molecule has 1 saturated carbocycles. The maximum Gasteiger partial charge on any atom is 0.105 e. The van der Waals surface area contributed by atoms with E-state index in [1.165, 1.54) is 19.4 Å². The Kier molecular flexibility index (Phi) is 4.56. The third-order valence-electron chi connectivity index (χ3n) is 3.07. The van der Waals surface area contributed by atoms with Crippen molar-refractivity contribution in [3.63, 3.8) is 0 Å². The molecule has 0 amide bonds. The Bertz CT molecular complexity index is 230. The van der Waals surface area contributed by atoms with E-state index in [0.717, 1.165) is 25.4 Å². The zero-order valence-corrected chi connectivity index (χ0v) is 10.2. The number of rotatable bonds is 7. The summed E-state index contributed by atoms with van der Waals surface area (Å²) in [5.74, 6) is 0.933. The van der Waals surface area contributed by atoms with Crippen molar-refractivity contribution in [3.05, 3.63) is 0 Å². The van der Waals surface area contributed by atoms with E-state index in [2.05, 4.69) is 23.3 Å². The number of nitrogens with zero attached hydrogens (tertiary/aromatic N) is 2. The quantitative estimate of drug-likeness (QED) is 0.692. The molecular weight excluding hydrogens is 186 g/mol. The molecule has 0 aromatic carbocycles. The molecule has 3 nitrogen and oxygen atoms in total. The Hall–Kier alpha value is -0.590. The minimum Gasteiger partial charge on any atom is -0.306 e. The zero-order chi connectivity index (χ0) is 11.3. The summed E-state index contributed by atoms with van der Waals surface area (Å²) >= 11 is 0. The summed E-state index contributed by atoms with van der Waals surface area (Å²) in [6.45, 7) is 7.10. The Balaban J connectivity index is 2.23. The van der Waals surface area contributed by atoms with Gasteiger partial charge in [-0.05, 0) is 45.7 Å². The van der Waals surface area contributed by atoms with Crippen molar-refractivity contribution in [3.8, 4) is 6.07 Å². The topological polar surface area (TPSA) is 39.1 Å². The van der Waals surface area contributed by atoms with Gasteiger partial charge in [0.15, 0.2) is 0 Å². The van der Waals surface area contributed by atoms with Crippen LogP contribution < -0.4 is 5.32 Å². The number of hydrogen-bond acceptors (Lipinski definition) is 3. The van der Waals surface area contributed by atoms with Gasteiger partial charge in [0.2, 0.25) is 0 Å². The molecule has 1 rings (SSSR count). The number of hydrogen-bond donors (Lipinski definition) is 1. The SMILES string of the molecule is CCNC(C)(C#N)CCN(C)CC1CC1. The van der Waals surface area contributed by atoms with Gasteiger partial charge in [-0.3, -0.25) is 5.32 Å². The standard InChI is InChI=1S/C12H23N3/c1-4-14-12(2,10-13)7-8-15(3)9-11-5-6-11/h11,14H,4-9H2,1-3H3. The van der Waals surface area contributed by atoms with Crippen LogP contribution in [0.15, 0.2) is 0 Å². The molecule has 0 aromatic rings. The average molecular weight is 209 g/mol. The molecule has 0 spiro atoms. The molecule has 0 saturated heterocycles. The molecule has 3 heteroatoms.